The molecule has 1 aromatic rings. The second kappa shape index (κ2) is 8.76. The molecule has 0 fully saturated rings. The first kappa shape index (κ1) is 14.8. The van der Waals surface area contributed by atoms with Gasteiger partial charge < -0.3 is 10.1 Å². The molecule has 0 saturated heterocycles. The molecule has 4 heteroatoms. The third-order valence-electron chi connectivity index (χ3n) is 2.35. The Morgan fingerprint density at radius 1 is 1.26 bits per heavy atom. The van der Waals surface area contributed by atoms with Crippen molar-refractivity contribution in [2.45, 2.75) is 26.4 Å². The van der Waals surface area contributed by atoms with Gasteiger partial charge in [0.2, 0.25) is 0 Å². The lowest BCUT2D eigenvalue weighted by molar-refractivity contribution is -0.118. The van der Waals surface area contributed by atoms with Gasteiger partial charge in [-0.15, -0.1) is 11.8 Å². The molecular weight excluding hydrogens is 242 g/mol. The SMILES string of the molecule is CC#CCCC(=O)CNC(=O)OCc1ccccc1. The Kier molecular flexibility index (Phi) is 6.81. The van der Waals surface area contributed by atoms with Crippen LogP contribution in [0.15, 0.2) is 30.3 Å². The van der Waals surface area contributed by atoms with E-state index in [1.807, 2.05) is 30.3 Å². The van der Waals surface area contributed by atoms with Crippen LogP contribution < -0.4 is 5.32 Å². The smallest absolute Gasteiger partial charge is 0.407 e. The fourth-order valence-electron chi connectivity index (χ4n) is 1.36. The van der Waals surface area contributed by atoms with Crippen LogP contribution in [0.5, 0.6) is 0 Å². The Hall–Kier alpha value is -2.28. The molecule has 0 aliphatic heterocycles. The van der Waals surface area contributed by atoms with Gasteiger partial charge >= 0.3 is 6.09 Å². The highest BCUT2D eigenvalue weighted by Crippen LogP contribution is 2.00. The van der Waals surface area contributed by atoms with Gasteiger partial charge in [-0.05, 0) is 12.5 Å². The molecule has 0 aliphatic carbocycles. The van der Waals surface area contributed by atoms with Crippen molar-refractivity contribution >= 4 is 11.9 Å². The average molecular weight is 259 g/mol. The van der Waals surface area contributed by atoms with Crippen LogP contribution in [0.4, 0.5) is 4.79 Å². The minimum Gasteiger partial charge on any atom is -0.445 e. The normalized spacial score (nSPS) is 9.11. The number of ether oxygens (including phenoxy) is 1. The second-order valence-corrected chi connectivity index (χ2v) is 3.88. The molecule has 1 amide bonds. The highest BCUT2D eigenvalue weighted by atomic mass is 16.5. The van der Waals surface area contributed by atoms with E-state index in [2.05, 4.69) is 17.2 Å². The predicted octanol–water partition coefficient (Wildman–Crippen LogP) is 2.29. The molecule has 0 saturated carbocycles. The van der Waals surface area contributed by atoms with Crippen molar-refractivity contribution < 1.29 is 14.3 Å². The van der Waals surface area contributed by atoms with Crippen LogP contribution in [0.2, 0.25) is 0 Å². The van der Waals surface area contributed by atoms with Crippen molar-refractivity contribution in [2.75, 3.05) is 6.54 Å². The van der Waals surface area contributed by atoms with Gasteiger partial charge in [0, 0.05) is 12.8 Å². The zero-order chi connectivity index (χ0) is 13.9. The summed E-state index contributed by atoms with van der Waals surface area (Å²) in [4.78, 5) is 22.7. The zero-order valence-corrected chi connectivity index (χ0v) is 10.9. The largest absolute Gasteiger partial charge is 0.445 e. The topological polar surface area (TPSA) is 55.4 Å². The third kappa shape index (κ3) is 6.89. The minimum atomic E-state index is -0.584. The van der Waals surface area contributed by atoms with Gasteiger partial charge in [0.15, 0.2) is 5.78 Å². The molecule has 1 rings (SSSR count). The molecule has 1 N–H and O–H groups in total. The quantitative estimate of drug-likeness (QED) is 0.797. The standard InChI is InChI=1S/C15H17NO3/c1-2-3-5-10-14(17)11-16-15(18)19-12-13-8-6-4-7-9-13/h4,6-9H,5,10-12H2,1H3,(H,16,18). The van der Waals surface area contributed by atoms with Crippen molar-refractivity contribution in [3.8, 4) is 11.8 Å². The van der Waals surface area contributed by atoms with Crippen molar-refractivity contribution in [1.82, 2.24) is 5.32 Å². The van der Waals surface area contributed by atoms with Gasteiger partial charge in [0.1, 0.15) is 6.61 Å². The summed E-state index contributed by atoms with van der Waals surface area (Å²) in [5.74, 6) is 5.45. The van der Waals surface area contributed by atoms with Gasteiger partial charge in [-0.25, -0.2) is 4.79 Å². The van der Waals surface area contributed by atoms with Crippen molar-refractivity contribution in [3.63, 3.8) is 0 Å². The van der Waals surface area contributed by atoms with Crippen molar-refractivity contribution in [3.05, 3.63) is 35.9 Å². The van der Waals surface area contributed by atoms with Crippen molar-refractivity contribution in [1.29, 1.82) is 0 Å². The van der Waals surface area contributed by atoms with Crippen LogP contribution in [-0.4, -0.2) is 18.4 Å². The summed E-state index contributed by atoms with van der Waals surface area (Å²) >= 11 is 0. The summed E-state index contributed by atoms with van der Waals surface area (Å²) in [6, 6.07) is 9.36. The van der Waals surface area contributed by atoms with Crippen LogP contribution >= 0.6 is 0 Å². The molecular formula is C15H17NO3. The predicted molar refractivity (Wildman–Crippen MR) is 72.3 cm³/mol. The maximum atomic E-state index is 11.4. The Bertz CT molecular complexity index is 471. The van der Waals surface area contributed by atoms with Crippen LogP contribution in [-0.2, 0) is 16.1 Å². The van der Waals surface area contributed by atoms with E-state index in [0.717, 1.165) is 5.56 Å². The van der Waals surface area contributed by atoms with Crippen LogP contribution in [0, 0.1) is 11.8 Å². The maximum absolute atomic E-state index is 11.4. The van der Waals surface area contributed by atoms with Gasteiger partial charge in [0.25, 0.3) is 0 Å². The lowest BCUT2D eigenvalue weighted by Gasteiger charge is -2.06. The average Bonchev–Trinajstić information content (AvgIpc) is 2.44. The summed E-state index contributed by atoms with van der Waals surface area (Å²) < 4.78 is 4.97. The molecule has 0 radical (unpaired) electrons. The van der Waals surface area contributed by atoms with E-state index in [1.165, 1.54) is 0 Å². The zero-order valence-electron chi connectivity index (χ0n) is 10.9. The minimum absolute atomic E-state index is 0.0149. The summed E-state index contributed by atoms with van der Waals surface area (Å²) in [6.45, 7) is 1.91. The lowest BCUT2D eigenvalue weighted by atomic mass is 10.2. The number of carbonyl (C=O) groups is 2. The lowest BCUT2D eigenvalue weighted by Crippen LogP contribution is -2.29. The first-order valence-corrected chi connectivity index (χ1v) is 6.08. The molecule has 0 heterocycles. The fraction of sp³-hybridized carbons (Fsp3) is 0.333. The van der Waals surface area contributed by atoms with Gasteiger partial charge in [-0.1, -0.05) is 30.3 Å². The molecule has 100 valence electrons. The van der Waals surface area contributed by atoms with E-state index in [1.54, 1.807) is 6.92 Å². The molecule has 0 unspecified atom stereocenters. The number of amides is 1. The maximum Gasteiger partial charge on any atom is 0.407 e. The number of ketones is 1. The van der Waals surface area contributed by atoms with E-state index >= 15 is 0 Å². The number of nitrogens with one attached hydrogen (secondary N) is 1. The van der Waals surface area contributed by atoms with E-state index in [0.29, 0.717) is 12.8 Å². The number of hydrogen-bond donors (Lipinski definition) is 1. The number of rotatable bonds is 6. The van der Waals surface area contributed by atoms with Crippen LogP contribution in [0.25, 0.3) is 0 Å². The summed E-state index contributed by atoms with van der Waals surface area (Å²) in [6.07, 6.45) is 0.286. The third-order valence-corrected chi connectivity index (χ3v) is 2.35. The van der Waals surface area contributed by atoms with Gasteiger partial charge in [-0.3, -0.25) is 4.79 Å². The van der Waals surface area contributed by atoms with Crippen LogP contribution in [0.3, 0.4) is 0 Å². The summed E-state index contributed by atoms with van der Waals surface area (Å²) in [7, 11) is 0. The van der Waals surface area contributed by atoms with E-state index in [9.17, 15) is 9.59 Å². The summed E-state index contributed by atoms with van der Waals surface area (Å²) in [5.41, 5.74) is 0.905. The Morgan fingerprint density at radius 3 is 2.68 bits per heavy atom. The van der Waals surface area contributed by atoms with Crippen LogP contribution in [0.1, 0.15) is 25.3 Å². The van der Waals surface area contributed by atoms with E-state index in [4.69, 9.17) is 4.74 Å². The van der Waals surface area contributed by atoms with Crippen molar-refractivity contribution in [2.24, 2.45) is 0 Å². The molecule has 0 aromatic heterocycles. The van der Waals surface area contributed by atoms with E-state index < -0.39 is 6.09 Å². The second-order valence-electron chi connectivity index (χ2n) is 3.88. The molecule has 19 heavy (non-hydrogen) atoms. The molecule has 0 bridgehead atoms. The summed E-state index contributed by atoms with van der Waals surface area (Å²) in [5, 5.41) is 2.42. The van der Waals surface area contributed by atoms with E-state index in [-0.39, 0.29) is 18.9 Å². The van der Waals surface area contributed by atoms with Gasteiger partial charge in [-0.2, -0.15) is 0 Å². The number of alkyl carbamates (subject to hydrolysis) is 1. The number of Topliss-reactive ketones (excluding diaryl/α,β-unsaturated/α-hetero) is 1. The highest BCUT2D eigenvalue weighted by Gasteiger charge is 2.05. The first-order chi connectivity index (χ1) is 9.22. The Balaban J connectivity index is 2.17. The molecule has 0 aliphatic rings. The Labute approximate surface area is 113 Å². The fourth-order valence-corrected chi connectivity index (χ4v) is 1.36. The number of benzene rings is 1. The van der Waals surface area contributed by atoms with Gasteiger partial charge in [0.05, 0.1) is 6.54 Å². The molecule has 1 aromatic carbocycles. The number of carbonyl (C=O) groups excluding carboxylic acids is 2. The Morgan fingerprint density at radius 2 is 2.00 bits per heavy atom. The molecule has 0 spiro atoms. The molecule has 0 atom stereocenters. The number of hydrogen-bond acceptors (Lipinski definition) is 3. The highest BCUT2D eigenvalue weighted by molar-refractivity contribution is 5.84. The monoisotopic (exact) mass is 259 g/mol. The first-order valence-electron chi connectivity index (χ1n) is 6.08. The molecule has 4 nitrogen and oxygen atoms in total.